The average Bonchev–Trinajstić information content (AvgIpc) is 2.88. The lowest BCUT2D eigenvalue weighted by Crippen LogP contribution is -2.21. The third kappa shape index (κ3) is 4.52. The fraction of sp³-hybridized carbons (Fsp3) is 0.333. The number of carbonyl (C=O) groups excluding carboxylic acids is 1. The van der Waals surface area contributed by atoms with Gasteiger partial charge in [0.25, 0.3) is 5.91 Å². The summed E-state index contributed by atoms with van der Waals surface area (Å²) in [6, 6.07) is 5.77. The summed E-state index contributed by atoms with van der Waals surface area (Å²) < 4.78 is 76.4. The largest absolute Gasteiger partial charge is 0.435 e. The van der Waals surface area contributed by atoms with Crippen LogP contribution in [0.15, 0.2) is 30.3 Å². The highest BCUT2D eigenvalue weighted by Gasteiger charge is 2.37. The second kappa shape index (κ2) is 6.41. The zero-order valence-electron chi connectivity index (χ0n) is 13.1. The number of halogens is 6. The first-order chi connectivity index (χ1) is 11.4. The van der Waals surface area contributed by atoms with Crippen molar-refractivity contribution in [3.05, 3.63) is 41.6 Å². The van der Waals surface area contributed by atoms with Gasteiger partial charge in [0, 0.05) is 19.7 Å². The fourth-order valence-electron chi connectivity index (χ4n) is 2.12. The minimum absolute atomic E-state index is 0.0857. The molecule has 10 heteroatoms. The van der Waals surface area contributed by atoms with Gasteiger partial charge in [0.2, 0.25) is 0 Å². The molecule has 0 aliphatic heterocycles. The number of hydrogen-bond donors (Lipinski definition) is 0. The third-order valence-corrected chi connectivity index (χ3v) is 3.23. The Hall–Kier alpha value is -2.52. The van der Waals surface area contributed by atoms with E-state index in [9.17, 15) is 31.1 Å². The molecule has 0 atom stereocenters. The van der Waals surface area contributed by atoms with Crippen molar-refractivity contribution in [3.63, 3.8) is 0 Å². The highest BCUT2D eigenvalue weighted by Crippen LogP contribution is 2.33. The summed E-state index contributed by atoms with van der Waals surface area (Å²) in [4.78, 5) is 13.1. The van der Waals surface area contributed by atoms with Crippen LogP contribution < -0.4 is 0 Å². The lowest BCUT2D eigenvalue weighted by atomic mass is 10.1. The van der Waals surface area contributed by atoms with E-state index in [-0.39, 0.29) is 27.4 Å². The monoisotopic (exact) mass is 365 g/mol. The third-order valence-electron chi connectivity index (χ3n) is 3.23. The molecule has 25 heavy (non-hydrogen) atoms. The van der Waals surface area contributed by atoms with Crippen molar-refractivity contribution in [2.75, 3.05) is 14.1 Å². The molecule has 136 valence electrons. The van der Waals surface area contributed by atoms with Crippen molar-refractivity contribution in [2.24, 2.45) is 0 Å². The minimum Gasteiger partial charge on any atom is -0.345 e. The molecule has 2 rings (SSSR count). The van der Waals surface area contributed by atoms with Crippen LogP contribution >= 0.6 is 0 Å². The van der Waals surface area contributed by atoms with E-state index in [1.54, 1.807) is 0 Å². The van der Waals surface area contributed by atoms with Crippen LogP contribution in [0.4, 0.5) is 26.3 Å². The van der Waals surface area contributed by atoms with E-state index in [0.717, 1.165) is 0 Å². The zero-order chi connectivity index (χ0) is 19.0. The molecule has 0 fully saturated rings. The molecule has 0 saturated carbocycles. The molecule has 0 aliphatic rings. The SMILES string of the molecule is CN(C)C(=O)c1ccc(-c2cc(C(F)(F)F)nn2CC(F)(F)F)cc1. The number of benzene rings is 1. The molecular formula is C15H13F6N3O. The van der Waals surface area contributed by atoms with Gasteiger partial charge in [-0.05, 0) is 23.8 Å². The maximum absolute atomic E-state index is 12.8. The standard InChI is InChI=1S/C15H13F6N3O/c1-23(2)13(25)10-5-3-9(4-6-10)11-7-12(15(19,20)21)22-24(11)8-14(16,17)18/h3-7H,8H2,1-2H3. The van der Waals surface area contributed by atoms with Crippen LogP contribution in [0.1, 0.15) is 16.1 Å². The van der Waals surface area contributed by atoms with Gasteiger partial charge in [-0.3, -0.25) is 9.48 Å². The van der Waals surface area contributed by atoms with Crippen molar-refractivity contribution in [1.29, 1.82) is 0 Å². The predicted molar refractivity (Wildman–Crippen MR) is 76.7 cm³/mol. The molecule has 0 aliphatic carbocycles. The van der Waals surface area contributed by atoms with E-state index in [1.165, 1.54) is 43.3 Å². The minimum atomic E-state index is -4.87. The molecule has 0 saturated heterocycles. The summed E-state index contributed by atoms with van der Waals surface area (Å²) in [6.07, 6.45) is -9.60. The maximum Gasteiger partial charge on any atom is 0.435 e. The Labute approximate surface area is 138 Å². The van der Waals surface area contributed by atoms with Gasteiger partial charge in [0.15, 0.2) is 5.69 Å². The summed E-state index contributed by atoms with van der Waals surface area (Å²) in [6.45, 7) is -1.66. The highest BCUT2D eigenvalue weighted by molar-refractivity contribution is 5.94. The first kappa shape index (κ1) is 18.8. The van der Waals surface area contributed by atoms with Crippen LogP contribution in [0.2, 0.25) is 0 Å². The van der Waals surface area contributed by atoms with Crippen LogP contribution in [0.5, 0.6) is 0 Å². The van der Waals surface area contributed by atoms with E-state index < -0.39 is 24.6 Å². The lowest BCUT2D eigenvalue weighted by molar-refractivity contribution is -0.148. The topological polar surface area (TPSA) is 38.1 Å². The number of aromatic nitrogens is 2. The van der Waals surface area contributed by atoms with Crippen molar-refractivity contribution in [1.82, 2.24) is 14.7 Å². The van der Waals surface area contributed by atoms with E-state index >= 15 is 0 Å². The van der Waals surface area contributed by atoms with Gasteiger partial charge in [0.05, 0.1) is 5.69 Å². The predicted octanol–water partition coefficient (Wildman–Crippen LogP) is 3.83. The normalized spacial score (nSPS) is 12.3. The molecule has 2 aromatic rings. The Morgan fingerprint density at radius 1 is 1.08 bits per heavy atom. The number of alkyl halides is 6. The second-order valence-electron chi connectivity index (χ2n) is 5.46. The number of hydrogen-bond acceptors (Lipinski definition) is 2. The van der Waals surface area contributed by atoms with Crippen LogP contribution in [-0.4, -0.2) is 40.9 Å². The first-order valence-electron chi connectivity index (χ1n) is 6.92. The van der Waals surface area contributed by atoms with Crippen LogP contribution in [-0.2, 0) is 12.7 Å². The quantitative estimate of drug-likeness (QED) is 0.776. The van der Waals surface area contributed by atoms with Gasteiger partial charge in [-0.2, -0.15) is 31.4 Å². The summed E-state index contributed by atoms with van der Waals surface area (Å²) in [5, 5.41) is 3.03. The molecule has 0 N–H and O–H groups in total. The van der Waals surface area contributed by atoms with E-state index in [4.69, 9.17) is 0 Å². The lowest BCUT2D eigenvalue weighted by Gasteiger charge is -2.12. The number of amides is 1. The summed E-state index contributed by atoms with van der Waals surface area (Å²) >= 11 is 0. The average molecular weight is 365 g/mol. The molecule has 1 amide bonds. The molecule has 1 heterocycles. The molecule has 4 nitrogen and oxygen atoms in total. The molecule has 0 unspecified atom stereocenters. The Morgan fingerprint density at radius 3 is 2.08 bits per heavy atom. The van der Waals surface area contributed by atoms with E-state index in [0.29, 0.717) is 6.07 Å². The maximum atomic E-state index is 12.8. The van der Waals surface area contributed by atoms with Crippen LogP contribution in [0, 0.1) is 0 Å². The van der Waals surface area contributed by atoms with Gasteiger partial charge in [-0.15, -0.1) is 0 Å². The number of carbonyl (C=O) groups is 1. The van der Waals surface area contributed by atoms with Crippen molar-refractivity contribution >= 4 is 5.91 Å². The Kier molecular flexibility index (Phi) is 4.83. The molecular weight excluding hydrogens is 352 g/mol. The van der Waals surface area contributed by atoms with Gasteiger partial charge >= 0.3 is 12.4 Å². The molecule has 1 aromatic carbocycles. The van der Waals surface area contributed by atoms with Gasteiger partial charge in [-0.25, -0.2) is 0 Å². The summed E-state index contributed by atoms with van der Waals surface area (Å²) in [7, 11) is 3.04. The Bertz CT molecular complexity index is 759. The highest BCUT2D eigenvalue weighted by atomic mass is 19.4. The van der Waals surface area contributed by atoms with Crippen LogP contribution in [0.25, 0.3) is 11.3 Å². The molecule has 1 aromatic heterocycles. The van der Waals surface area contributed by atoms with Gasteiger partial charge in [-0.1, -0.05) is 12.1 Å². The van der Waals surface area contributed by atoms with Gasteiger partial charge in [0.1, 0.15) is 6.54 Å². The van der Waals surface area contributed by atoms with Crippen LogP contribution in [0.3, 0.4) is 0 Å². The Morgan fingerprint density at radius 2 is 1.64 bits per heavy atom. The second-order valence-corrected chi connectivity index (χ2v) is 5.46. The smallest absolute Gasteiger partial charge is 0.345 e. The number of rotatable bonds is 3. The van der Waals surface area contributed by atoms with E-state index in [2.05, 4.69) is 5.10 Å². The zero-order valence-corrected chi connectivity index (χ0v) is 13.1. The molecule has 0 radical (unpaired) electrons. The first-order valence-corrected chi connectivity index (χ1v) is 6.92. The van der Waals surface area contributed by atoms with Gasteiger partial charge < -0.3 is 4.90 Å². The molecule has 0 spiro atoms. The van der Waals surface area contributed by atoms with Crippen molar-refractivity contribution in [2.45, 2.75) is 18.9 Å². The summed E-state index contributed by atoms with van der Waals surface area (Å²) in [5.41, 5.74) is -1.41. The fourth-order valence-corrected chi connectivity index (χ4v) is 2.12. The summed E-state index contributed by atoms with van der Waals surface area (Å²) in [5.74, 6) is -0.341. The number of nitrogens with zero attached hydrogens (tertiary/aromatic N) is 3. The molecule has 0 bridgehead atoms. The van der Waals surface area contributed by atoms with Crippen molar-refractivity contribution < 1.29 is 31.1 Å². The Balaban J connectivity index is 2.46. The van der Waals surface area contributed by atoms with E-state index in [1.807, 2.05) is 0 Å². The van der Waals surface area contributed by atoms with Crippen molar-refractivity contribution in [3.8, 4) is 11.3 Å².